The molecule has 1 atom stereocenters. The number of hydrogen-bond acceptors (Lipinski definition) is 1. The van der Waals surface area contributed by atoms with E-state index in [0.717, 1.165) is 6.54 Å². The molecule has 0 aliphatic carbocycles. The molecule has 0 rings (SSSR count). The first-order chi connectivity index (χ1) is 6.36. The minimum Gasteiger partial charge on any atom is -0.306 e. The van der Waals surface area contributed by atoms with Crippen molar-refractivity contribution in [2.75, 3.05) is 20.6 Å². The topological polar surface area (TPSA) is 3.24 Å². The van der Waals surface area contributed by atoms with Gasteiger partial charge in [-0.3, -0.25) is 0 Å². The van der Waals surface area contributed by atoms with E-state index in [-0.39, 0.29) is 0 Å². The van der Waals surface area contributed by atoms with Gasteiger partial charge in [-0.15, -0.1) is 0 Å². The van der Waals surface area contributed by atoms with Crippen molar-refractivity contribution in [1.82, 2.24) is 4.90 Å². The molecule has 0 radical (unpaired) electrons. The summed E-state index contributed by atoms with van der Waals surface area (Å²) < 4.78 is 0. The van der Waals surface area contributed by atoms with Crippen molar-refractivity contribution in [1.29, 1.82) is 0 Å². The van der Waals surface area contributed by atoms with Gasteiger partial charge >= 0.3 is 0 Å². The van der Waals surface area contributed by atoms with Gasteiger partial charge in [0.05, 0.1) is 0 Å². The molecule has 0 aromatic carbocycles. The van der Waals surface area contributed by atoms with Crippen molar-refractivity contribution in [2.24, 2.45) is 5.92 Å². The lowest BCUT2D eigenvalue weighted by Crippen LogP contribution is -2.12. The largest absolute Gasteiger partial charge is 0.306 e. The standard InChI is InChI=1S/C13H25N/c1-10(2)12(4)13(5)11(3)8-9-14(6)7/h8,13H,9H2,1-7H3. The molecule has 14 heavy (non-hydrogen) atoms. The van der Waals surface area contributed by atoms with Gasteiger partial charge in [0, 0.05) is 6.54 Å². The van der Waals surface area contributed by atoms with Crippen LogP contribution in [0.2, 0.25) is 0 Å². The van der Waals surface area contributed by atoms with Crippen molar-refractivity contribution in [3.05, 3.63) is 22.8 Å². The maximum absolute atomic E-state index is 2.32. The fourth-order valence-electron chi connectivity index (χ4n) is 1.28. The summed E-state index contributed by atoms with van der Waals surface area (Å²) in [5.41, 5.74) is 4.41. The minimum atomic E-state index is 0.583. The van der Waals surface area contributed by atoms with Crippen LogP contribution >= 0.6 is 0 Å². The summed E-state index contributed by atoms with van der Waals surface area (Å²) in [6.07, 6.45) is 2.32. The fraction of sp³-hybridized carbons (Fsp3) is 0.692. The van der Waals surface area contributed by atoms with Crippen molar-refractivity contribution >= 4 is 0 Å². The molecule has 0 aliphatic heterocycles. The van der Waals surface area contributed by atoms with E-state index in [9.17, 15) is 0 Å². The van der Waals surface area contributed by atoms with Gasteiger partial charge in [-0.2, -0.15) is 0 Å². The highest BCUT2D eigenvalue weighted by Crippen LogP contribution is 2.21. The zero-order valence-electron chi connectivity index (χ0n) is 10.8. The molecular weight excluding hydrogens is 170 g/mol. The van der Waals surface area contributed by atoms with Crippen LogP contribution in [0.3, 0.4) is 0 Å². The molecule has 0 aromatic rings. The van der Waals surface area contributed by atoms with Crippen molar-refractivity contribution in [2.45, 2.75) is 34.6 Å². The Labute approximate surface area is 89.5 Å². The lowest BCUT2D eigenvalue weighted by molar-refractivity contribution is 0.454. The lowest BCUT2D eigenvalue weighted by Gasteiger charge is -2.16. The van der Waals surface area contributed by atoms with E-state index in [2.05, 4.69) is 59.7 Å². The molecule has 0 aliphatic rings. The molecule has 0 fully saturated rings. The molecule has 0 saturated carbocycles. The van der Waals surface area contributed by atoms with Crippen molar-refractivity contribution in [3.63, 3.8) is 0 Å². The number of nitrogens with zero attached hydrogens (tertiary/aromatic N) is 1. The molecule has 0 saturated heterocycles. The predicted molar refractivity (Wildman–Crippen MR) is 65.5 cm³/mol. The molecule has 1 heteroatoms. The van der Waals surface area contributed by atoms with Gasteiger partial charge in [0.15, 0.2) is 0 Å². The van der Waals surface area contributed by atoms with E-state index in [1.54, 1.807) is 0 Å². The van der Waals surface area contributed by atoms with E-state index in [1.807, 2.05) is 0 Å². The Morgan fingerprint density at radius 3 is 2.00 bits per heavy atom. The maximum Gasteiger partial charge on any atom is 0.0159 e. The summed E-state index contributed by atoms with van der Waals surface area (Å²) in [7, 11) is 4.20. The van der Waals surface area contributed by atoms with Crippen LogP contribution in [0.1, 0.15) is 34.6 Å². The molecule has 0 heterocycles. The number of rotatable bonds is 4. The van der Waals surface area contributed by atoms with E-state index >= 15 is 0 Å². The van der Waals surface area contributed by atoms with Gasteiger partial charge < -0.3 is 4.90 Å². The van der Waals surface area contributed by atoms with E-state index in [4.69, 9.17) is 0 Å². The van der Waals surface area contributed by atoms with Crippen LogP contribution in [0.5, 0.6) is 0 Å². The summed E-state index contributed by atoms with van der Waals surface area (Å²) in [4.78, 5) is 2.19. The second-order valence-electron chi connectivity index (χ2n) is 4.62. The maximum atomic E-state index is 2.32. The Hall–Kier alpha value is -0.560. The third-order valence-electron chi connectivity index (χ3n) is 2.90. The van der Waals surface area contributed by atoms with E-state index < -0.39 is 0 Å². The van der Waals surface area contributed by atoms with Crippen LogP contribution in [0.15, 0.2) is 22.8 Å². The first-order valence-electron chi connectivity index (χ1n) is 5.31. The first kappa shape index (κ1) is 13.4. The smallest absolute Gasteiger partial charge is 0.0159 e. The van der Waals surface area contributed by atoms with Crippen LogP contribution in [0.25, 0.3) is 0 Å². The van der Waals surface area contributed by atoms with Crippen molar-refractivity contribution < 1.29 is 0 Å². The highest BCUT2D eigenvalue weighted by atomic mass is 15.0. The Bertz CT molecular complexity index is 230. The summed E-state index contributed by atoms with van der Waals surface area (Å²) in [5.74, 6) is 0.583. The summed E-state index contributed by atoms with van der Waals surface area (Å²) in [6, 6.07) is 0. The molecule has 0 amide bonds. The molecule has 1 nitrogen and oxygen atoms in total. The molecule has 0 bridgehead atoms. The predicted octanol–water partition coefficient (Wildman–Crippen LogP) is 3.49. The van der Waals surface area contributed by atoms with Gasteiger partial charge in [0.25, 0.3) is 0 Å². The summed E-state index contributed by atoms with van der Waals surface area (Å²) in [5, 5.41) is 0. The normalized spacial score (nSPS) is 14.4. The Morgan fingerprint density at radius 2 is 1.64 bits per heavy atom. The summed E-state index contributed by atoms with van der Waals surface area (Å²) in [6.45, 7) is 12.1. The minimum absolute atomic E-state index is 0.583. The number of likely N-dealkylation sites (N-methyl/N-ethyl adjacent to an activating group) is 1. The molecule has 0 aromatic heterocycles. The third-order valence-corrected chi connectivity index (χ3v) is 2.90. The lowest BCUT2D eigenvalue weighted by atomic mass is 9.92. The first-order valence-corrected chi connectivity index (χ1v) is 5.31. The number of hydrogen-bond donors (Lipinski definition) is 0. The molecule has 1 unspecified atom stereocenters. The molecule has 82 valence electrons. The third kappa shape index (κ3) is 4.61. The van der Waals surface area contributed by atoms with Crippen LogP contribution in [-0.2, 0) is 0 Å². The zero-order chi connectivity index (χ0) is 11.3. The van der Waals surface area contributed by atoms with Gasteiger partial charge in [0.1, 0.15) is 0 Å². The van der Waals surface area contributed by atoms with Gasteiger partial charge in [-0.1, -0.05) is 29.7 Å². The molecular formula is C13H25N. The Kier molecular flexibility index (Phi) is 5.78. The zero-order valence-corrected chi connectivity index (χ0v) is 10.8. The summed E-state index contributed by atoms with van der Waals surface area (Å²) >= 11 is 0. The van der Waals surface area contributed by atoms with E-state index in [0.29, 0.717) is 5.92 Å². The van der Waals surface area contributed by atoms with Crippen LogP contribution in [0.4, 0.5) is 0 Å². The van der Waals surface area contributed by atoms with E-state index in [1.165, 1.54) is 16.7 Å². The average Bonchev–Trinajstić information content (AvgIpc) is 2.11. The second-order valence-corrected chi connectivity index (χ2v) is 4.62. The second kappa shape index (κ2) is 6.02. The molecule has 0 spiro atoms. The van der Waals surface area contributed by atoms with Gasteiger partial charge in [-0.05, 0) is 47.7 Å². The van der Waals surface area contributed by atoms with Crippen LogP contribution in [0, 0.1) is 5.92 Å². The Balaban J connectivity index is 4.47. The van der Waals surface area contributed by atoms with Crippen LogP contribution < -0.4 is 0 Å². The molecule has 0 N–H and O–H groups in total. The monoisotopic (exact) mass is 195 g/mol. The van der Waals surface area contributed by atoms with Crippen LogP contribution in [-0.4, -0.2) is 25.5 Å². The SMILES string of the molecule is CC(=CCN(C)C)C(C)C(C)=C(C)C. The van der Waals surface area contributed by atoms with Gasteiger partial charge in [0.2, 0.25) is 0 Å². The Morgan fingerprint density at radius 1 is 1.14 bits per heavy atom. The van der Waals surface area contributed by atoms with Gasteiger partial charge in [-0.25, -0.2) is 0 Å². The quantitative estimate of drug-likeness (QED) is 0.621. The highest BCUT2D eigenvalue weighted by Gasteiger charge is 2.07. The van der Waals surface area contributed by atoms with Crippen molar-refractivity contribution in [3.8, 4) is 0 Å². The highest BCUT2D eigenvalue weighted by molar-refractivity contribution is 5.20. The fourth-order valence-corrected chi connectivity index (χ4v) is 1.28. The number of allylic oxidation sites excluding steroid dienone is 3. The average molecular weight is 195 g/mol.